The Morgan fingerprint density at radius 1 is 1.03 bits per heavy atom. The van der Waals surface area contributed by atoms with Crippen molar-refractivity contribution in [3.63, 3.8) is 0 Å². The zero-order valence-corrected chi connectivity index (χ0v) is 17.8. The second-order valence-corrected chi connectivity index (χ2v) is 8.20. The van der Waals surface area contributed by atoms with Crippen LogP contribution in [0, 0.1) is 11.6 Å². The van der Waals surface area contributed by atoms with Gasteiger partial charge in [0.05, 0.1) is 25.2 Å². The summed E-state index contributed by atoms with van der Waals surface area (Å²) in [4.78, 5) is 12.3. The van der Waals surface area contributed by atoms with Crippen LogP contribution in [-0.4, -0.2) is 40.3 Å². The van der Waals surface area contributed by atoms with Gasteiger partial charge in [-0.3, -0.25) is 9.10 Å². The van der Waals surface area contributed by atoms with Crippen LogP contribution in [0.4, 0.5) is 14.5 Å². The van der Waals surface area contributed by atoms with Crippen molar-refractivity contribution >= 4 is 21.6 Å². The van der Waals surface area contributed by atoms with Gasteiger partial charge in [0, 0.05) is 12.6 Å². The summed E-state index contributed by atoms with van der Waals surface area (Å²) >= 11 is 0. The van der Waals surface area contributed by atoms with Gasteiger partial charge in [-0.25, -0.2) is 17.2 Å². The topological polar surface area (TPSA) is 84.9 Å². The fourth-order valence-corrected chi connectivity index (χ4v) is 3.51. The third-order valence-corrected chi connectivity index (χ3v) is 5.09. The normalized spacial score (nSPS) is 11.1. The van der Waals surface area contributed by atoms with Crippen LogP contribution in [0.2, 0.25) is 0 Å². The number of halogens is 2. The predicted octanol–water partition coefficient (Wildman–Crippen LogP) is 2.84. The third kappa shape index (κ3) is 6.31. The molecule has 0 heterocycles. The number of carbonyl (C=O) groups excluding carboxylic acids is 1. The quantitative estimate of drug-likeness (QED) is 0.612. The number of ether oxygens (including phenoxy) is 2. The van der Waals surface area contributed by atoms with Crippen molar-refractivity contribution in [2.45, 2.75) is 20.4 Å². The van der Waals surface area contributed by atoms with E-state index in [0.717, 1.165) is 18.4 Å². The molecular formula is C20H24F2N2O5S. The highest BCUT2D eigenvalue weighted by molar-refractivity contribution is 7.92. The summed E-state index contributed by atoms with van der Waals surface area (Å²) in [5.41, 5.74) is 0.294. The van der Waals surface area contributed by atoms with Gasteiger partial charge < -0.3 is 14.8 Å². The molecule has 0 saturated carbocycles. The van der Waals surface area contributed by atoms with E-state index in [4.69, 9.17) is 9.47 Å². The average molecular weight is 442 g/mol. The lowest BCUT2D eigenvalue weighted by atomic mass is 10.2. The second kappa shape index (κ2) is 10.2. The monoisotopic (exact) mass is 442 g/mol. The van der Waals surface area contributed by atoms with Crippen molar-refractivity contribution < 1.29 is 31.5 Å². The molecule has 0 unspecified atom stereocenters. The van der Waals surface area contributed by atoms with Crippen LogP contribution in [0.5, 0.6) is 11.5 Å². The Bertz CT molecular complexity index is 999. The van der Waals surface area contributed by atoms with Gasteiger partial charge in [0.1, 0.15) is 18.2 Å². The highest BCUT2D eigenvalue weighted by atomic mass is 32.2. The molecule has 0 saturated heterocycles. The van der Waals surface area contributed by atoms with Gasteiger partial charge >= 0.3 is 0 Å². The van der Waals surface area contributed by atoms with E-state index in [1.54, 1.807) is 18.2 Å². The first-order valence-electron chi connectivity index (χ1n) is 9.23. The van der Waals surface area contributed by atoms with E-state index in [9.17, 15) is 22.0 Å². The van der Waals surface area contributed by atoms with E-state index in [2.05, 4.69) is 5.32 Å². The summed E-state index contributed by atoms with van der Waals surface area (Å²) in [6.07, 6.45) is 0.837. The zero-order chi connectivity index (χ0) is 22.3. The molecule has 2 aromatic carbocycles. The van der Waals surface area contributed by atoms with Gasteiger partial charge in [0.25, 0.3) is 0 Å². The lowest BCUT2D eigenvalue weighted by Crippen LogP contribution is -2.40. The van der Waals surface area contributed by atoms with E-state index in [1.807, 2.05) is 13.8 Å². The number of carbonyl (C=O) groups is 1. The Hall–Kier alpha value is -2.88. The first kappa shape index (κ1) is 23.4. The highest BCUT2D eigenvalue weighted by Gasteiger charge is 2.24. The van der Waals surface area contributed by atoms with Gasteiger partial charge in [-0.05, 0) is 43.7 Å². The molecule has 164 valence electrons. The first-order valence-corrected chi connectivity index (χ1v) is 11.1. The van der Waals surface area contributed by atoms with E-state index in [1.165, 1.54) is 0 Å². The largest absolute Gasteiger partial charge is 0.490 e. The SMILES string of the molecule is CCOc1ccc(CNC(=O)CN(c2ccc(F)cc2F)S(C)(=O)=O)cc1OCC. The van der Waals surface area contributed by atoms with Crippen molar-refractivity contribution in [3.05, 3.63) is 53.6 Å². The molecule has 0 spiro atoms. The molecular weight excluding hydrogens is 418 g/mol. The number of nitrogens with zero attached hydrogens (tertiary/aromatic N) is 1. The molecule has 2 aromatic rings. The number of hydrogen-bond acceptors (Lipinski definition) is 5. The molecule has 0 radical (unpaired) electrons. The fourth-order valence-electron chi connectivity index (χ4n) is 2.66. The summed E-state index contributed by atoms with van der Waals surface area (Å²) in [7, 11) is -3.98. The van der Waals surface area contributed by atoms with Crippen LogP contribution in [-0.2, 0) is 21.4 Å². The molecule has 0 atom stereocenters. The number of rotatable bonds is 10. The van der Waals surface area contributed by atoms with Crippen LogP contribution in [0.15, 0.2) is 36.4 Å². The summed E-state index contributed by atoms with van der Waals surface area (Å²) in [6, 6.07) is 7.61. The van der Waals surface area contributed by atoms with E-state index in [-0.39, 0.29) is 6.54 Å². The van der Waals surface area contributed by atoms with Gasteiger partial charge in [-0.2, -0.15) is 0 Å². The number of hydrogen-bond donors (Lipinski definition) is 1. The second-order valence-electron chi connectivity index (χ2n) is 6.29. The number of sulfonamides is 1. The average Bonchev–Trinajstić information content (AvgIpc) is 2.66. The smallest absolute Gasteiger partial charge is 0.241 e. The van der Waals surface area contributed by atoms with Crippen LogP contribution in [0.1, 0.15) is 19.4 Å². The molecule has 30 heavy (non-hydrogen) atoms. The minimum Gasteiger partial charge on any atom is -0.490 e. The number of benzene rings is 2. The maximum Gasteiger partial charge on any atom is 0.241 e. The molecule has 10 heteroatoms. The molecule has 0 aliphatic rings. The standard InChI is InChI=1S/C20H24F2N2O5S/c1-4-28-18-9-6-14(10-19(18)29-5-2)12-23-20(25)13-24(30(3,26)27)17-8-7-15(21)11-16(17)22/h6-11H,4-5,12-13H2,1-3H3,(H,23,25). The maximum absolute atomic E-state index is 14.0. The summed E-state index contributed by atoms with van der Waals surface area (Å²) < 4.78 is 62.9. The summed E-state index contributed by atoms with van der Waals surface area (Å²) in [5, 5.41) is 2.58. The summed E-state index contributed by atoms with van der Waals surface area (Å²) in [6.45, 7) is 4.02. The van der Waals surface area contributed by atoms with E-state index < -0.39 is 39.8 Å². The van der Waals surface area contributed by atoms with Gasteiger partial charge in [-0.15, -0.1) is 0 Å². The number of nitrogens with one attached hydrogen (secondary N) is 1. The van der Waals surface area contributed by atoms with Crippen molar-refractivity contribution in [1.82, 2.24) is 5.32 Å². The van der Waals surface area contributed by atoms with Crippen LogP contribution < -0.4 is 19.1 Å². The minimum absolute atomic E-state index is 0.0921. The van der Waals surface area contributed by atoms with Crippen molar-refractivity contribution in [3.8, 4) is 11.5 Å². The Morgan fingerprint density at radius 2 is 1.70 bits per heavy atom. The molecule has 1 amide bonds. The minimum atomic E-state index is -3.98. The lowest BCUT2D eigenvalue weighted by molar-refractivity contribution is -0.119. The zero-order valence-electron chi connectivity index (χ0n) is 16.9. The Balaban J connectivity index is 2.12. The molecule has 0 bridgehead atoms. The maximum atomic E-state index is 14.0. The molecule has 7 nitrogen and oxygen atoms in total. The third-order valence-electron chi connectivity index (χ3n) is 3.96. The summed E-state index contributed by atoms with van der Waals surface area (Å²) in [5.74, 6) is -1.49. The highest BCUT2D eigenvalue weighted by Crippen LogP contribution is 2.28. The number of amides is 1. The van der Waals surface area contributed by atoms with Crippen LogP contribution in [0.3, 0.4) is 0 Å². The van der Waals surface area contributed by atoms with Gasteiger partial charge in [-0.1, -0.05) is 6.07 Å². The van der Waals surface area contributed by atoms with E-state index >= 15 is 0 Å². The van der Waals surface area contributed by atoms with E-state index in [0.29, 0.717) is 40.6 Å². The molecule has 2 rings (SSSR count). The molecule has 0 aromatic heterocycles. The predicted molar refractivity (Wildman–Crippen MR) is 109 cm³/mol. The molecule has 0 aliphatic heterocycles. The Morgan fingerprint density at radius 3 is 2.30 bits per heavy atom. The van der Waals surface area contributed by atoms with Crippen molar-refractivity contribution in [2.75, 3.05) is 30.3 Å². The Kier molecular flexibility index (Phi) is 7.99. The lowest BCUT2D eigenvalue weighted by Gasteiger charge is -2.22. The van der Waals surface area contributed by atoms with Crippen molar-refractivity contribution in [1.29, 1.82) is 0 Å². The van der Waals surface area contributed by atoms with Gasteiger partial charge in [0.2, 0.25) is 15.9 Å². The molecule has 0 aliphatic carbocycles. The molecule has 1 N–H and O–H groups in total. The van der Waals surface area contributed by atoms with Crippen molar-refractivity contribution in [2.24, 2.45) is 0 Å². The molecule has 0 fully saturated rings. The Labute approximate surface area is 174 Å². The van der Waals surface area contributed by atoms with Crippen LogP contribution >= 0.6 is 0 Å². The first-order chi connectivity index (χ1) is 14.2. The fraction of sp³-hybridized carbons (Fsp3) is 0.350. The number of anilines is 1. The van der Waals surface area contributed by atoms with Crippen LogP contribution in [0.25, 0.3) is 0 Å². The van der Waals surface area contributed by atoms with Gasteiger partial charge in [0.15, 0.2) is 11.5 Å².